The minimum absolute atomic E-state index is 0.00179. The Bertz CT molecular complexity index is 761. The van der Waals surface area contributed by atoms with E-state index in [1.54, 1.807) is 0 Å². The quantitative estimate of drug-likeness (QED) is 0.840. The van der Waals surface area contributed by atoms with Crippen molar-refractivity contribution in [1.82, 2.24) is 9.97 Å². The molecule has 0 radical (unpaired) electrons. The van der Waals surface area contributed by atoms with Gasteiger partial charge in [-0.25, -0.2) is 4.98 Å². The lowest BCUT2D eigenvalue weighted by Gasteiger charge is -2.19. The molecule has 0 fully saturated rings. The van der Waals surface area contributed by atoms with Gasteiger partial charge in [0.25, 0.3) is 0 Å². The molecular formula is C15H14Cl2N4O. The summed E-state index contributed by atoms with van der Waals surface area (Å²) in [6.45, 7) is 4.30. The number of amides is 1. The second-order valence-electron chi connectivity index (χ2n) is 5.61. The molecular weight excluding hydrogens is 323 g/mol. The van der Waals surface area contributed by atoms with Gasteiger partial charge in [-0.3, -0.25) is 4.79 Å². The first-order valence-electron chi connectivity index (χ1n) is 6.75. The topological polar surface area (TPSA) is 66.9 Å². The molecule has 0 aliphatic carbocycles. The van der Waals surface area contributed by atoms with Crippen LogP contribution in [0, 0.1) is 0 Å². The summed E-state index contributed by atoms with van der Waals surface area (Å²) in [7, 11) is 0. The van der Waals surface area contributed by atoms with Crippen LogP contribution >= 0.6 is 23.2 Å². The molecule has 2 aromatic rings. The van der Waals surface area contributed by atoms with E-state index in [1.165, 1.54) is 6.20 Å². The lowest BCUT2D eigenvalue weighted by atomic mass is 9.83. The Morgan fingerprint density at radius 2 is 2.09 bits per heavy atom. The number of halogens is 2. The summed E-state index contributed by atoms with van der Waals surface area (Å²) in [5, 5.41) is 6.57. The maximum Gasteiger partial charge on any atom is 0.234 e. The molecule has 0 saturated heterocycles. The molecule has 0 saturated carbocycles. The molecule has 3 rings (SSSR count). The van der Waals surface area contributed by atoms with Gasteiger partial charge < -0.3 is 10.6 Å². The van der Waals surface area contributed by atoms with Gasteiger partial charge in [0.05, 0.1) is 11.6 Å². The van der Waals surface area contributed by atoms with Gasteiger partial charge in [-0.1, -0.05) is 23.7 Å². The molecule has 0 unspecified atom stereocenters. The van der Waals surface area contributed by atoms with E-state index in [-0.39, 0.29) is 11.2 Å². The summed E-state index contributed by atoms with van der Waals surface area (Å²) in [5.74, 6) is 0.465. The smallest absolute Gasteiger partial charge is 0.234 e. The third kappa shape index (κ3) is 2.51. The van der Waals surface area contributed by atoms with Gasteiger partial charge in [-0.05, 0) is 42.6 Å². The zero-order chi connectivity index (χ0) is 15.9. The Morgan fingerprint density at radius 3 is 2.86 bits per heavy atom. The Labute approximate surface area is 138 Å². The fraction of sp³-hybridized carbons (Fsp3) is 0.267. The molecule has 114 valence electrons. The average molecular weight is 337 g/mol. The third-order valence-electron chi connectivity index (χ3n) is 3.75. The number of hydrogen-bond acceptors (Lipinski definition) is 4. The highest BCUT2D eigenvalue weighted by molar-refractivity contribution is 6.33. The summed E-state index contributed by atoms with van der Waals surface area (Å²) in [4.78, 5) is 20.0. The molecule has 1 aromatic carbocycles. The van der Waals surface area contributed by atoms with Gasteiger partial charge in [0.2, 0.25) is 11.2 Å². The SMILES string of the molecule is CC1(C)C(=O)Nc2cccc(CNc3nc(Cl)ncc3Cl)c21. The second kappa shape index (κ2) is 5.41. The van der Waals surface area contributed by atoms with E-state index in [2.05, 4.69) is 20.6 Å². The zero-order valence-corrected chi connectivity index (χ0v) is 13.6. The van der Waals surface area contributed by atoms with Crippen molar-refractivity contribution in [2.75, 3.05) is 10.6 Å². The molecule has 2 heterocycles. The number of carbonyl (C=O) groups excluding carboxylic acids is 1. The third-order valence-corrected chi connectivity index (χ3v) is 4.21. The molecule has 0 bridgehead atoms. The van der Waals surface area contributed by atoms with E-state index in [0.717, 1.165) is 16.8 Å². The Balaban J connectivity index is 1.91. The minimum Gasteiger partial charge on any atom is -0.365 e. The van der Waals surface area contributed by atoms with Crippen molar-refractivity contribution in [3.05, 3.63) is 45.8 Å². The number of aromatic nitrogens is 2. The molecule has 5 nitrogen and oxygen atoms in total. The standard InChI is InChI=1S/C15H14Cl2N4O/c1-15(2)11-8(4-3-5-10(11)20-13(15)22)6-18-12-9(16)7-19-14(17)21-12/h3-5,7H,6H2,1-2H3,(H,20,22)(H,18,19,21). The van der Waals surface area contributed by atoms with Crippen LogP contribution < -0.4 is 10.6 Å². The Kier molecular flexibility index (Phi) is 3.70. The molecule has 1 amide bonds. The van der Waals surface area contributed by atoms with Gasteiger partial charge in [-0.15, -0.1) is 0 Å². The Morgan fingerprint density at radius 1 is 1.32 bits per heavy atom. The van der Waals surface area contributed by atoms with Crippen LogP contribution in [0.2, 0.25) is 10.3 Å². The molecule has 7 heteroatoms. The van der Waals surface area contributed by atoms with Crippen LogP contribution in [0.25, 0.3) is 0 Å². The molecule has 0 atom stereocenters. The van der Waals surface area contributed by atoms with E-state index in [0.29, 0.717) is 17.4 Å². The lowest BCUT2D eigenvalue weighted by molar-refractivity contribution is -0.119. The van der Waals surface area contributed by atoms with E-state index in [9.17, 15) is 4.79 Å². The van der Waals surface area contributed by atoms with Crippen LogP contribution in [0.5, 0.6) is 0 Å². The maximum absolute atomic E-state index is 12.1. The van der Waals surface area contributed by atoms with Crippen LogP contribution in [0.15, 0.2) is 24.4 Å². The minimum atomic E-state index is -0.569. The first-order valence-corrected chi connectivity index (χ1v) is 7.51. The molecule has 2 N–H and O–H groups in total. The van der Waals surface area contributed by atoms with Gasteiger partial charge >= 0.3 is 0 Å². The van der Waals surface area contributed by atoms with Crippen LogP contribution in [-0.2, 0) is 16.8 Å². The van der Waals surface area contributed by atoms with Gasteiger partial charge in [0.15, 0.2) is 0 Å². The van der Waals surface area contributed by atoms with Crippen molar-refractivity contribution in [3.8, 4) is 0 Å². The monoisotopic (exact) mass is 336 g/mol. The number of nitrogens with zero attached hydrogens (tertiary/aromatic N) is 2. The van der Waals surface area contributed by atoms with E-state index >= 15 is 0 Å². The first-order chi connectivity index (χ1) is 10.4. The molecule has 22 heavy (non-hydrogen) atoms. The summed E-state index contributed by atoms with van der Waals surface area (Å²) in [5.41, 5.74) is 2.28. The normalized spacial score (nSPS) is 15.4. The Hall–Kier alpha value is -1.85. The maximum atomic E-state index is 12.1. The molecule has 1 aliphatic heterocycles. The number of hydrogen-bond donors (Lipinski definition) is 2. The largest absolute Gasteiger partial charge is 0.365 e. The summed E-state index contributed by atoms with van der Waals surface area (Å²) in [6.07, 6.45) is 1.45. The number of fused-ring (bicyclic) bond motifs is 1. The van der Waals surface area contributed by atoms with Gasteiger partial charge in [0, 0.05) is 12.2 Å². The van der Waals surface area contributed by atoms with Crippen molar-refractivity contribution in [3.63, 3.8) is 0 Å². The zero-order valence-electron chi connectivity index (χ0n) is 12.1. The van der Waals surface area contributed by atoms with Crippen molar-refractivity contribution in [2.24, 2.45) is 0 Å². The number of benzene rings is 1. The summed E-state index contributed by atoms with van der Waals surface area (Å²) >= 11 is 11.8. The van der Waals surface area contributed by atoms with Gasteiger partial charge in [0.1, 0.15) is 10.8 Å². The molecule has 1 aliphatic rings. The fourth-order valence-electron chi connectivity index (χ4n) is 2.63. The van der Waals surface area contributed by atoms with Crippen molar-refractivity contribution >= 4 is 40.6 Å². The number of anilines is 2. The highest BCUT2D eigenvalue weighted by Gasteiger charge is 2.39. The summed E-state index contributed by atoms with van der Waals surface area (Å²) in [6, 6.07) is 5.79. The molecule has 1 aromatic heterocycles. The van der Waals surface area contributed by atoms with E-state index in [1.807, 2.05) is 32.0 Å². The number of nitrogens with one attached hydrogen (secondary N) is 2. The highest BCUT2D eigenvalue weighted by atomic mass is 35.5. The van der Waals surface area contributed by atoms with Crippen molar-refractivity contribution in [1.29, 1.82) is 0 Å². The van der Waals surface area contributed by atoms with Crippen molar-refractivity contribution in [2.45, 2.75) is 25.8 Å². The molecule has 0 spiro atoms. The van der Waals surface area contributed by atoms with Gasteiger partial charge in [-0.2, -0.15) is 4.98 Å². The van der Waals surface area contributed by atoms with Crippen LogP contribution in [-0.4, -0.2) is 15.9 Å². The number of carbonyl (C=O) groups is 1. The highest BCUT2D eigenvalue weighted by Crippen LogP contribution is 2.39. The predicted octanol–water partition coefficient (Wildman–Crippen LogP) is 3.63. The van der Waals surface area contributed by atoms with Crippen LogP contribution in [0.4, 0.5) is 11.5 Å². The van der Waals surface area contributed by atoms with E-state index in [4.69, 9.17) is 23.2 Å². The lowest BCUT2D eigenvalue weighted by Crippen LogP contribution is -2.28. The summed E-state index contributed by atoms with van der Waals surface area (Å²) < 4.78 is 0. The van der Waals surface area contributed by atoms with Crippen molar-refractivity contribution < 1.29 is 4.79 Å². The average Bonchev–Trinajstić information content (AvgIpc) is 2.71. The van der Waals surface area contributed by atoms with E-state index < -0.39 is 5.41 Å². The fourth-order valence-corrected chi connectivity index (χ4v) is 2.92. The predicted molar refractivity (Wildman–Crippen MR) is 87.5 cm³/mol. The second-order valence-corrected chi connectivity index (χ2v) is 6.35. The van der Waals surface area contributed by atoms with Crippen LogP contribution in [0.1, 0.15) is 25.0 Å². The number of rotatable bonds is 3. The first kappa shape index (κ1) is 15.1. The van der Waals surface area contributed by atoms with Crippen LogP contribution in [0.3, 0.4) is 0 Å².